The molecule has 0 radical (unpaired) electrons. The highest BCUT2D eigenvalue weighted by atomic mass is 16.5. The van der Waals surface area contributed by atoms with Crippen molar-refractivity contribution in [1.82, 2.24) is 5.16 Å². The van der Waals surface area contributed by atoms with Gasteiger partial charge in [-0.15, -0.1) is 0 Å². The van der Waals surface area contributed by atoms with Crippen molar-refractivity contribution in [2.75, 3.05) is 11.1 Å². The van der Waals surface area contributed by atoms with E-state index in [1.165, 1.54) is 0 Å². The lowest BCUT2D eigenvalue weighted by atomic mass is 10.1. The number of hydrogen-bond acceptors (Lipinski definition) is 5. The average molecular weight is 270 g/mol. The molecule has 0 bridgehead atoms. The van der Waals surface area contributed by atoms with Gasteiger partial charge in [0.2, 0.25) is 0 Å². The molecule has 0 saturated carbocycles. The van der Waals surface area contributed by atoms with Crippen molar-refractivity contribution in [3.63, 3.8) is 0 Å². The van der Waals surface area contributed by atoms with Gasteiger partial charge in [0.05, 0.1) is 24.2 Å². The second-order valence-electron chi connectivity index (χ2n) is 4.85. The van der Waals surface area contributed by atoms with Gasteiger partial charge in [-0.1, -0.05) is 5.16 Å². The van der Waals surface area contributed by atoms with Gasteiger partial charge >= 0.3 is 0 Å². The van der Waals surface area contributed by atoms with E-state index in [0.717, 1.165) is 28.3 Å². The molecular formula is C15H18N4O. The fourth-order valence-electron chi connectivity index (χ4n) is 2.36. The van der Waals surface area contributed by atoms with Crippen LogP contribution in [-0.4, -0.2) is 5.16 Å². The molecule has 0 amide bonds. The maximum atomic E-state index is 8.79. The molecule has 0 aliphatic heterocycles. The normalized spacial score (nSPS) is 11.9. The number of nitrogens with two attached hydrogens (primary N) is 1. The first-order valence-electron chi connectivity index (χ1n) is 6.47. The van der Waals surface area contributed by atoms with Crippen molar-refractivity contribution < 1.29 is 4.52 Å². The van der Waals surface area contributed by atoms with Crippen LogP contribution in [0.4, 0.5) is 11.4 Å². The summed E-state index contributed by atoms with van der Waals surface area (Å²) < 4.78 is 5.18. The molecule has 0 saturated heterocycles. The highest BCUT2D eigenvalue weighted by Gasteiger charge is 2.16. The zero-order chi connectivity index (χ0) is 14.7. The first-order chi connectivity index (χ1) is 9.52. The zero-order valence-corrected chi connectivity index (χ0v) is 11.9. The summed E-state index contributed by atoms with van der Waals surface area (Å²) in [6, 6.07) is 7.82. The summed E-state index contributed by atoms with van der Waals surface area (Å²) in [6.07, 6.45) is 0.307. The third kappa shape index (κ3) is 2.75. The molecule has 0 aliphatic rings. The van der Waals surface area contributed by atoms with Crippen molar-refractivity contribution in [2.24, 2.45) is 0 Å². The van der Waals surface area contributed by atoms with E-state index < -0.39 is 0 Å². The number of aryl methyl sites for hydroxylation is 2. The van der Waals surface area contributed by atoms with Crippen molar-refractivity contribution in [1.29, 1.82) is 5.26 Å². The minimum Gasteiger partial charge on any atom is -0.398 e. The van der Waals surface area contributed by atoms with Gasteiger partial charge in [0.1, 0.15) is 5.76 Å². The molecule has 1 heterocycles. The molecule has 3 N–H and O–H groups in total. The van der Waals surface area contributed by atoms with Crippen LogP contribution in [0.15, 0.2) is 22.7 Å². The number of aromatic nitrogens is 1. The van der Waals surface area contributed by atoms with E-state index >= 15 is 0 Å². The Morgan fingerprint density at radius 1 is 1.45 bits per heavy atom. The molecule has 2 aromatic rings. The van der Waals surface area contributed by atoms with Crippen LogP contribution < -0.4 is 11.1 Å². The highest BCUT2D eigenvalue weighted by Crippen LogP contribution is 2.26. The van der Waals surface area contributed by atoms with Crippen LogP contribution in [0.2, 0.25) is 0 Å². The quantitative estimate of drug-likeness (QED) is 0.833. The van der Waals surface area contributed by atoms with Gasteiger partial charge in [0, 0.05) is 16.9 Å². The first kappa shape index (κ1) is 13.9. The minimum atomic E-state index is 0.0693. The van der Waals surface area contributed by atoms with E-state index in [2.05, 4.69) is 16.5 Å². The van der Waals surface area contributed by atoms with Crippen LogP contribution in [-0.2, 0) is 6.42 Å². The van der Waals surface area contributed by atoms with E-state index in [0.29, 0.717) is 12.1 Å². The average Bonchev–Trinajstić information content (AvgIpc) is 2.73. The molecule has 1 aromatic carbocycles. The third-order valence-corrected chi connectivity index (χ3v) is 3.32. The zero-order valence-electron chi connectivity index (χ0n) is 11.9. The molecule has 0 spiro atoms. The van der Waals surface area contributed by atoms with E-state index in [-0.39, 0.29) is 6.04 Å². The number of nitrogens with one attached hydrogen (secondary N) is 1. The molecule has 1 aromatic heterocycles. The van der Waals surface area contributed by atoms with Gasteiger partial charge in [-0.3, -0.25) is 0 Å². The molecule has 0 aliphatic carbocycles. The van der Waals surface area contributed by atoms with Crippen LogP contribution in [0.25, 0.3) is 0 Å². The van der Waals surface area contributed by atoms with Crippen LogP contribution in [0.5, 0.6) is 0 Å². The SMILES string of the molecule is Cc1noc(C)c1C(C)Nc1ccc(N)c(CC#N)c1. The van der Waals surface area contributed by atoms with Crippen molar-refractivity contribution >= 4 is 11.4 Å². The number of hydrogen-bond donors (Lipinski definition) is 2. The van der Waals surface area contributed by atoms with Crippen molar-refractivity contribution in [3.8, 4) is 6.07 Å². The molecule has 104 valence electrons. The lowest BCUT2D eigenvalue weighted by molar-refractivity contribution is 0.392. The molecule has 20 heavy (non-hydrogen) atoms. The third-order valence-electron chi connectivity index (χ3n) is 3.32. The maximum Gasteiger partial charge on any atom is 0.139 e. The Labute approximate surface area is 118 Å². The summed E-state index contributed by atoms with van der Waals surface area (Å²) in [6.45, 7) is 5.87. The summed E-state index contributed by atoms with van der Waals surface area (Å²) in [5, 5.41) is 16.1. The number of nitrogens with zero attached hydrogens (tertiary/aromatic N) is 2. The Morgan fingerprint density at radius 2 is 2.20 bits per heavy atom. The fourth-order valence-corrected chi connectivity index (χ4v) is 2.36. The Morgan fingerprint density at radius 3 is 2.80 bits per heavy atom. The topological polar surface area (TPSA) is 87.9 Å². The second kappa shape index (κ2) is 5.66. The van der Waals surface area contributed by atoms with Crippen molar-refractivity contribution in [2.45, 2.75) is 33.2 Å². The number of rotatable bonds is 4. The maximum absolute atomic E-state index is 8.79. The Hall–Kier alpha value is -2.48. The van der Waals surface area contributed by atoms with Crippen LogP contribution in [0.3, 0.4) is 0 Å². The molecule has 5 nitrogen and oxygen atoms in total. The Kier molecular flexibility index (Phi) is 3.94. The minimum absolute atomic E-state index is 0.0693. The van der Waals surface area contributed by atoms with E-state index in [9.17, 15) is 0 Å². The summed E-state index contributed by atoms with van der Waals surface area (Å²) >= 11 is 0. The number of benzene rings is 1. The van der Waals surface area contributed by atoms with Gasteiger partial charge in [-0.2, -0.15) is 5.26 Å². The van der Waals surface area contributed by atoms with Crippen LogP contribution in [0, 0.1) is 25.2 Å². The molecule has 0 fully saturated rings. The molecule has 1 atom stereocenters. The molecule has 5 heteroatoms. The standard InChI is InChI=1S/C15H18N4O/c1-9(15-10(2)19-20-11(15)3)18-13-4-5-14(17)12(8-13)6-7-16/h4-5,8-9,18H,6,17H2,1-3H3. The summed E-state index contributed by atoms with van der Waals surface area (Å²) in [5.74, 6) is 0.815. The van der Waals surface area contributed by atoms with Crippen LogP contribution >= 0.6 is 0 Å². The number of nitriles is 1. The van der Waals surface area contributed by atoms with E-state index in [1.54, 1.807) is 0 Å². The largest absolute Gasteiger partial charge is 0.398 e. The molecular weight excluding hydrogens is 252 g/mol. The van der Waals surface area contributed by atoms with Gasteiger partial charge < -0.3 is 15.6 Å². The first-order valence-corrected chi connectivity index (χ1v) is 6.47. The fraction of sp³-hybridized carbons (Fsp3) is 0.333. The number of nitrogen functional groups attached to an aromatic ring is 1. The van der Waals surface area contributed by atoms with Gasteiger partial charge in [-0.05, 0) is 44.5 Å². The monoisotopic (exact) mass is 270 g/mol. The Balaban J connectivity index is 2.22. The lowest BCUT2D eigenvalue weighted by Crippen LogP contribution is -2.09. The van der Waals surface area contributed by atoms with E-state index in [4.69, 9.17) is 15.5 Å². The number of anilines is 2. The van der Waals surface area contributed by atoms with E-state index in [1.807, 2.05) is 39.0 Å². The predicted octanol–water partition coefficient (Wildman–Crippen LogP) is 3.11. The molecule has 1 unspecified atom stereocenters. The molecule has 2 rings (SSSR count). The summed E-state index contributed by atoms with van der Waals surface area (Å²) in [5.41, 5.74) is 10.2. The van der Waals surface area contributed by atoms with Gasteiger partial charge in [0.15, 0.2) is 0 Å². The Bertz CT molecular complexity index is 635. The second-order valence-corrected chi connectivity index (χ2v) is 4.85. The predicted molar refractivity (Wildman–Crippen MR) is 78.2 cm³/mol. The lowest BCUT2D eigenvalue weighted by Gasteiger charge is -2.16. The van der Waals surface area contributed by atoms with Crippen molar-refractivity contribution in [3.05, 3.63) is 40.8 Å². The smallest absolute Gasteiger partial charge is 0.139 e. The van der Waals surface area contributed by atoms with Gasteiger partial charge in [-0.25, -0.2) is 0 Å². The summed E-state index contributed by atoms with van der Waals surface area (Å²) in [7, 11) is 0. The highest BCUT2D eigenvalue weighted by molar-refractivity contribution is 5.58. The summed E-state index contributed by atoms with van der Waals surface area (Å²) in [4.78, 5) is 0. The van der Waals surface area contributed by atoms with Crippen LogP contribution in [0.1, 0.15) is 35.5 Å². The van der Waals surface area contributed by atoms with Gasteiger partial charge in [0.25, 0.3) is 0 Å².